The Labute approximate surface area is 180 Å². The maximum Gasteiger partial charge on any atom is 1.00 e. The van der Waals surface area contributed by atoms with Crippen molar-refractivity contribution in [2.24, 2.45) is 5.92 Å². The Morgan fingerprint density at radius 1 is 0.885 bits per heavy atom. The van der Waals surface area contributed by atoms with Gasteiger partial charge in [0.2, 0.25) is 5.91 Å². The number of aliphatic hydroxyl groups excluding tert-OH is 2. The molecule has 0 fully saturated rings. The van der Waals surface area contributed by atoms with Crippen molar-refractivity contribution in [2.75, 3.05) is 26.3 Å². The SMILES string of the molecule is CCCCCCCCCCCC(CC(=O)[O-])C(=O)N(CCO)CCO.[Na+]. The number of carboxylic acid groups (broad SMARTS) is 1. The van der Waals surface area contributed by atoms with E-state index in [2.05, 4.69) is 6.92 Å². The number of hydrogen-bond donors (Lipinski definition) is 2. The van der Waals surface area contributed by atoms with Crippen LogP contribution in [0.4, 0.5) is 0 Å². The van der Waals surface area contributed by atoms with E-state index in [1.54, 1.807) is 0 Å². The third kappa shape index (κ3) is 15.0. The van der Waals surface area contributed by atoms with E-state index >= 15 is 0 Å². The molecule has 0 bridgehead atoms. The topological polar surface area (TPSA) is 101 Å². The number of carboxylic acids is 1. The number of carbonyl (C=O) groups excluding carboxylic acids is 2. The molecule has 0 heterocycles. The van der Waals surface area contributed by atoms with Crippen LogP contribution in [0.25, 0.3) is 0 Å². The summed E-state index contributed by atoms with van der Waals surface area (Å²) in [6.07, 6.45) is 10.7. The molecule has 0 saturated heterocycles. The summed E-state index contributed by atoms with van der Waals surface area (Å²) in [6, 6.07) is 0. The Balaban J connectivity index is 0. The van der Waals surface area contributed by atoms with Gasteiger partial charge in [-0.15, -0.1) is 0 Å². The van der Waals surface area contributed by atoms with E-state index < -0.39 is 11.9 Å². The minimum Gasteiger partial charge on any atom is -0.550 e. The summed E-state index contributed by atoms with van der Waals surface area (Å²) in [5.41, 5.74) is 0. The molecule has 0 aliphatic heterocycles. The fraction of sp³-hybridized carbons (Fsp3) is 0.895. The predicted molar refractivity (Wildman–Crippen MR) is 95.7 cm³/mol. The Kier molecular flexibility index (Phi) is 21.2. The van der Waals surface area contributed by atoms with Gasteiger partial charge in [-0.3, -0.25) is 4.79 Å². The number of amides is 1. The maximum absolute atomic E-state index is 12.4. The number of hydrogen-bond acceptors (Lipinski definition) is 5. The maximum atomic E-state index is 12.4. The molecule has 2 N–H and O–H groups in total. The summed E-state index contributed by atoms with van der Waals surface area (Å²) in [6.45, 7) is 2.01. The largest absolute Gasteiger partial charge is 1.00 e. The molecule has 7 heteroatoms. The summed E-state index contributed by atoms with van der Waals surface area (Å²) >= 11 is 0. The summed E-state index contributed by atoms with van der Waals surface area (Å²) in [5, 5.41) is 29.0. The molecule has 0 spiro atoms. The van der Waals surface area contributed by atoms with Gasteiger partial charge in [-0.25, -0.2) is 0 Å². The summed E-state index contributed by atoms with van der Waals surface area (Å²) in [5.74, 6) is -2.18. The molecule has 6 nitrogen and oxygen atoms in total. The van der Waals surface area contributed by atoms with Gasteiger partial charge in [-0.1, -0.05) is 64.7 Å². The van der Waals surface area contributed by atoms with Gasteiger partial charge in [0.1, 0.15) is 0 Å². The second-order valence-electron chi connectivity index (χ2n) is 6.66. The number of nitrogens with zero attached hydrogens (tertiary/aromatic N) is 1. The molecule has 26 heavy (non-hydrogen) atoms. The molecule has 0 saturated carbocycles. The normalized spacial score (nSPS) is 11.7. The molecule has 0 aromatic carbocycles. The van der Waals surface area contributed by atoms with Crippen LogP contribution in [0, 0.1) is 5.92 Å². The molecule has 1 atom stereocenters. The standard InChI is InChI=1S/C19H37NO5.Na/c1-2-3-4-5-6-7-8-9-10-11-17(16-18(23)24)19(25)20(12-14-21)13-15-22;/h17,21-22H,2-16H2,1H3,(H,23,24);/q;+1/p-1. The minimum absolute atomic E-state index is 0. The van der Waals surface area contributed by atoms with Crippen LogP contribution >= 0.6 is 0 Å². The van der Waals surface area contributed by atoms with Gasteiger partial charge < -0.3 is 25.0 Å². The Bertz CT molecular complexity index is 349. The zero-order chi connectivity index (χ0) is 18.9. The van der Waals surface area contributed by atoms with Crippen LogP contribution in [-0.2, 0) is 9.59 Å². The first-order valence-electron chi connectivity index (χ1n) is 9.77. The molecule has 0 rings (SSSR count). The monoisotopic (exact) mass is 381 g/mol. The molecular weight excluding hydrogens is 345 g/mol. The van der Waals surface area contributed by atoms with Gasteiger partial charge in [0.15, 0.2) is 0 Å². The number of carbonyl (C=O) groups is 2. The first kappa shape index (κ1) is 28.1. The molecule has 1 unspecified atom stereocenters. The van der Waals surface area contributed by atoms with Crippen molar-refractivity contribution in [3.05, 3.63) is 0 Å². The van der Waals surface area contributed by atoms with Crippen molar-refractivity contribution >= 4 is 11.9 Å². The van der Waals surface area contributed by atoms with Crippen LogP contribution in [0.1, 0.15) is 77.6 Å². The average Bonchev–Trinajstić information content (AvgIpc) is 2.58. The third-order valence-electron chi connectivity index (χ3n) is 4.47. The first-order chi connectivity index (χ1) is 12.1. The van der Waals surface area contributed by atoms with Gasteiger partial charge in [-0.2, -0.15) is 0 Å². The van der Waals surface area contributed by atoms with E-state index in [0.717, 1.165) is 19.3 Å². The van der Waals surface area contributed by atoms with Crippen LogP contribution in [0.3, 0.4) is 0 Å². The van der Waals surface area contributed by atoms with Crippen LogP contribution < -0.4 is 34.7 Å². The van der Waals surface area contributed by atoms with E-state index in [-0.39, 0.29) is 68.2 Å². The van der Waals surface area contributed by atoms with Gasteiger partial charge in [0.25, 0.3) is 0 Å². The van der Waals surface area contributed by atoms with Gasteiger partial charge in [-0.05, 0) is 12.8 Å². The van der Waals surface area contributed by atoms with E-state index in [4.69, 9.17) is 10.2 Å². The van der Waals surface area contributed by atoms with E-state index in [0.29, 0.717) is 6.42 Å². The van der Waals surface area contributed by atoms with E-state index in [9.17, 15) is 14.7 Å². The minimum atomic E-state index is -1.23. The van der Waals surface area contributed by atoms with E-state index in [1.807, 2.05) is 0 Å². The molecule has 0 aromatic heterocycles. The zero-order valence-electron chi connectivity index (χ0n) is 16.8. The van der Waals surface area contributed by atoms with Crippen molar-refractivity contribution in [1.29, 1.82) is 0 Å². The predicted octanol–water partition coefficient (Wildman–Crippen LogP) is -1.52. The number of aliphatic hydroxyl groups is 2. The number of rotatable bonds is 17. The zero-order valence-corrected chi connectivity index (χ0v) is 18.8. The van der Waals surface area contributed by atoms with Crippen molar-refractivity contribution in [1.82, 2.24) is 4.90 Å². The van der Waals surface area contributed by atoms with Crippen molar-refractivity contribution < 1.29 is 54.5 Å². The molecule has 0 aromatic rings. The van der Waals surface area contributed by atoms with E-state index in [1.165, 1.54) is 43.4 Å². The second-order valence-corrected chi connectivity index (χ2v) is 6.66. The first-order valence-corrected chi connectivity index (χ1v) is 9.77. The van der Waals surface area contributed by atoms with Crippen molar-refractivity contribution in [3.8, 4) is 0 Å². The quantitative estimate of drug-likeness (QED) is 0.235. The molecular formula is C19H36NNaO5. The number of unbranched alkanes of at least 4 members (excludes halogenated alkanes) is 8. The van der Waals surface area contributed by atoms with Gasteiger partial charge in [0.05, 0.1) is 13.2 Å². The second kappa shape index (κ2) is 19.6. The summed E-state index contributed by atoms with van der Waals surface area (Å²) in [4.78, 5) is 24.7. The average molecular weight is 381 g/mol. The molecule has 0 radical (unpaired) electrons. The third-order valence-corrected chi connectivity index (χ3v) is 4.47. The Morgan fingerprint density at radius 3 is 1.77 bits per heavy atom. The van der Waals surface area contributed by atoms with Crippen molar-refractivity contribution in [3.63, 3.8) is 0 Å². The van der Waals surface area contributed by atoms with Gasteiger partial charge in [0, 0.05) is 25.0 Å². The number of aliphatic carboxylic acids is 1. The Morgan fingerprint density at radius 2 is 1.35 bits per heavy atom. The van der Waals surface area contributed by atoms with Crippen LogP contribution in [0.15, 0.2) is 0 Å². The summed E-state index contributed by atoms with van der Waals surface area (Å²) in [7, 11) is 0. The van der Waals surface area contributed by atoms with Gasteiger partial charge >= 0.3 is 29.6 Å². The van der Waals surface area contributed by atoms with Crippen LogP contribution in [0.5, 0.6) is 0 Å². The molecule has 0 aliphatic carbocycles. The fourth-order valence-corrected chi connectivity index (χ4v) is 3.05. The summed E-state index contributed by atoms with van der Waals surface area (Å²) < 4.78 is 0. The fourth-order valence-electron chi connectivity index (χ4n) is 3.05. The molecule has 0 aliphatic rings. The van der Waals surface area contributed by atoms with Crippen LogP contribution in [-0.4, -0.2) is 53.3 Å². The van der Waals surface area contributed by atoms with Crippen LogP contribution in [0.2, 0.25) is 0 Å². The van der Waals surface area contributed by atoms with Crippen molar-refractivity contribution in [2.45, 2.75) is 77.6 Å². The molecule has 1 amide bonds. The Hall–Kier alpha value is -0.140. The molecule has 148 valence electrons. The smallest absolute Gasteiger partial charge is 0.550 e.